The third-order valence-electron chi connectivity index (χ3n) is 4.21. The van der Waals surface area contributed by atoms with E-state index in [1.165, 1.54) is 14.2 Å². The van der Waals surface area contributed by atoms with E-state index in [1.54, 1.807) is 18.2 Å². The first kappa shape index (κ1) is 24.4. The molecule has 0 saturated carbocycles. The van der Waals surface area contributed by atoms with Crippen molar-refractivity contribution >= 4 is 20.9 Å². The van der Waals surface area contributed by atoms with Crippen LogP contribution in [0.3, 0.4) is 0 Å². The van der Waals surface area contributed by atoms with Crippen LogP contribution in [-0.2, 0) is 20.7 Å². The summed E-state index contributed by atoms with van der Waals surface area (Å²) in [5, 5.41) is 0. The quantitative estimate of drug-likeness (QED) is 0.261. The number of rotatable bonds is 9. The van der Waals surface area contributed by atoms with Gasteiger partial charge in [-0.2, -0.15) is 0 Å². The standard InChI is InChI=1S/C22H26O5.H3OP/c1-15(2)13-17(22(24)27-14-16-9-6-5-7-10-16)21(23)20-18(25-3)11-8-12-19(20)26-4;1-2/h5-12,15,17H,13-14H2,1-4H3;2H3. The number of hydrogen-bond acceptors (Lipinski definition) is 6. The highest BCUT2D eigenvalue weighted by Gasteiger charge is 2.33. The van der Waals surface area contributed by atoms with E-state index in [2.05, 4.69) is 0 Å². The number of benzene rings is 2. The summed E-state index contributed by atoms with van der Waals surface area (Å²) in [5.41, 5.74) is 1.14. The van der Waals surface area contributed by atoms with Gasteiger partial charge in [-0.3, -0.25) is 9.59 Å². The van der Waals surface area contributed by atoms with Crippen molar-refractivity contribution in [1.82, 2.24) is 0 Å². The number of esters is 1. The number of carbonyl (C=O) groups excluding carboxylic acids is 2. The van der Waals surface area contributed by atoms with Gasteiger partial charge in [-0.25, -0.2) is 0 Å². The van der Waals surface area contributed by atoms with E-state index in [0.717, 1.165) is 5.56 Å². The maximum Gasteiger partial charge on any atom is 0.317 e. The van der Waals surface area contributed by atoms with Crippen LogP contribution < -0.4 is 9.47 Å². The summed E-state index contributed by atoms with van der Waals surface area (Å²) >= 11 is 0. The molecule has 0 fully saturated rings. The molecule has 0 aliphatic heterocycles. The van der Waals surface area contributed by atoms with Gasteiger partial charge in [0.2, 0.25) is 0 Å². The predicted octanol–water partition coefficient (Wildman–Crippen LogP) is 4.23. The maximum absolute atomic E-state index is 13.2. The van der Waals surface area contributed by atoms with Crippen LogP contribution in [0, 0.1) is 11.8 Å². The fraction of sp³-hybridized carbons (Fsp3) is 0.364. The Balaban J connectivity index is 0.00000204. The molecule has 2 rings (SSSR count). The Hall–Kier alpha value is -2.59. The average Bonchev–Trinajstić information content (AvgIpc) is 2.76. The van der Waals surface area contributed by atoms with Gasteiger partial charge in [0.1, 0.15) is 29.6 Å². The topological polar surface area (TPSA) is 78.9 Å². The molecule has 158 valence electrons. The van der Waals surface area contributed by atoms with Crippen molar-refractivity contribution < 1.29 is 28.4 Å². The zero-order valence-electron chi connectivity index (χ0n) is 17.3. The first-order valence-electron chi connectivity index (χ1n) is 9.22. The summed E-state index contributed by atoms with van der Waals surface area (Å²) in [6.45, 7) is 4.05. The molecule has 2 aromatic rings. The molecule has 6 nitrogen and oxygen atoms in total. The molecular weight excluding hydrogens is 391 g/mol. The maximum atomic E-state index is 13.2. The number of carbonyl (C=O) groups is 2. The monoisotopic (exact) mass is 420 g/mol. The summed E-state index contributed by atoms with van der Waals surface area (Å²) in [7, 11) is 3.58. The number of ketones is 1. The van der Waals surface area contributed by atoms with Gasteiger partial charge in [0.05, 0.1) is 23.3 Å². The minimum absolute atomic E-state index is 0.130. The minimum atomic E-state index is -0.918. The Morgan fingerprint density at radius 1 is 0.897 bits per heavy atom. The van der Waals surface area contributed by atoms with Gasteiger partial charge in [0.15, 0.2) is 5.78 Å². The zero-order chi connectivity index (χ0) is 21.8. The Kier molecular flexibility index (Phi) is 10.8. The molecule has 0 bridgehead atoms. The zero-order valence-corrected chi connectivity index (χ0v) is 18.8. The molecule has 0 radical (unpaired) electrons. The summed E-state index contributed by atoms with van der Waals surface area (Å²) in [6, 6.07) is 14.5. The summed E-state index contributed by atoms with van der Waals surface area (Å²) in [5.74, 6) is -0.905. The van der Waals surface area contributed by atoms with Crippen molar-refractivity contribution in [2.45, 2.75) is 26.9 Å². The summed E-state index contributed by atoms with van der Waals surface area (Å²) in [4.78, 5) is 26.0. The molecule has 0 saturated heterocycles. The molecule has 0 aromatic heterocycles. The smallest absolute Gasteiger partial charge is 0.317 e. The normalized spacial score (nSPS) is 11.2. The Bertz CT molecular complexity index is 769. The molecule has 0 heterocycles. The van der Waals surface area contributed by atoms with Crippen LogP contribution in [0.15, 0.2) is 48.5 Å². The van der Waals surface area contributed by atoms with Crippen LogP contribution in [0.4, 0.5) is 0 Å². The van der Waals surface area contributed by atoms with Gasteiger partial charge in [-0.05, 0) is 30.0 Å². The Labute approximate surface area is 173 Å². The third kappa shape index (κ3) is 7.06. The molecule has 0 N–H and O–H groups in total. The van der Waals surface area contributed by atoms with Gasteiger partial charge in [0, 0.05) is 0 Å². The highest BCUT2D eigenvalue weighted by Crippen LogP contribution is 2.32. The fourth-order valence-electron chi connectivity index (χ4n) is 2.88. The van der Waals surface area contributed by atoms with Crippen molar-refractivity contribution in [3.05, 3.63) is 59.7 Å². The van der Waals surface area contributed by atoms with Crippen LogP contribution in [0.1, 0.15) is 36.2 Å². The third-order valence-corrected chi connectivity index (χ3v) is 4.21. The Morgan fingerprint density at radius 3 is 1.93 bits per heavy atom. The number of hydrogen-bond donors (Lipinski definition) is 0. The molecule has 29 heavy (non-hydrogen) atoms. The SMILES string of the molecule is COc1cccc(OC)c1C(=O)C(CC(C)C)C(=O)OCc1ccccc1.O=[PH3]. The lowest BCUT2D eigenvalue weighted by molar-refractivity contribution is -0.148. The second-order valence-electron chi connectivity index (χ2n) is 6.68. The Morgan fingerprint density at radius 2 is 1.45 bits per heavy atom. The summed E-state index contributed by atoms with van der Waals surface area (Å²) < 4.78 is 24.4. The lowest BCUT2D eigenvalue weighted by Gasteiger charge is -2.19. The lowest BCUT2D eigenvalue weighted by atomic mass is 9.89. The molecule has 2 unspecified atom stereocenters. The molecule has 0 amide bonds. The molecule has 2 aromatic carbocycles. The first-order valence-corrected chi connectivity index (χ1v) is 9.80. The van der Waals surface area contributed by atoms with Gasteiger partial charge in [0.25, 0.3) is 0 Å². The van der Waals surface area contributed by atoms with E-state index in [-0.39, 0.29) is 23.9 Å². The van der Waals surface area contributed by atoms with Crippen molar-refractivity contribution in [2.24, 2.45) is 11.8 Å². The van der Waals surface area contributed by atoms with Crippen molar-refractivity contribution in [3.8, 4) is 11.5 Å². The van der Waals surface area contributed by atoms with Crippen molar-refractivity contribution in [3.63, 3.8) is 0 Å². The molecular formula is C22H29O6P. The molecule has 7 heteroatoms. The number of methoxy groups -OCH3 is 2. The highest BCUT2D eigenvalue weighted by atomic mass is 31.0. The molecule has 0 spiro atoms. The van der Waals surface area contributed by atoms with E-state index in [1.807, 2.05) is 44.2 Å². The van der Waals surface area contributed by atoms with E-state index in [9.17, 15) is 9.59 Å². The average molecular weight is 420 g/mol. The van der Waals surface area contributed by atoms with Crippen LogP contribution in [0.5, 0.6) is 11.5 Å². The van der Waals surface area contributed by atoms with Gasteiger partial charge in [-0.15, -0.1) is 0 Å². The van der Waals surface area contributed by atoms with Gasteiger partial charge >= 0.3 is 5.97 Å². The largest absolute Gasteiger partial charge is 0.496 e. The predicted molar refractivity (Wildman–Crippen MR) is 115 cm³/mol. The van der Waals surface area contributed by atoms with Crippen LogP contribution in [0.25, 0.3) is 0 Å². The fourth-order valence-corrected chi connectivity index (χ4v) is 2.88. The van der Waals surface area contributed by atoms with Gasteiger partial charge in [-0.1, -0.05) is 50.2 Å². The van der Waals surface area contributed by atoms with E-state index >= 15 is 0 Å². The first-order chi connectivity index (χ1) is 14.0. The van der Waals surface area contributed by atoms with Crippen molar-refractivity contribution in [1.29, 1.82) is 0 Å². The van der Waals surface area contributed by atoms with E-state index < -0.39 is 11.9 Å². The number of Topliss-reactive ketones (excluding diaryl/α,β-unsaturated/α-hetero) is 1. The minimum Gasteiger partial charge on any atom is -0.496 e. The second kappa shape index (κ2) is 12.8. The number of ether oxygens (including phenoxy) is 3. The molecule has 0 aliphatic rings. The van der Waals surface area contributed by atoms with E-state index in [0.29, 0.717) is 27.0 Å². The van der Waals surface area contributed by atoms with Crippen molar-refractivity contribution in [2.75, 3.05) is 14.2 Å². The highest BCUT2D eigenvalue weighted by molar-refractivity contribution is 7.00. The molecule has 0 aliphatic carbocycles. The molecule has 2 atom stereocenters. The van der Waals surface area contributed by atoms with Crippen LogP contribution >= 0.6 is 9.12 Å². The van der Waals surface area contributed by atoms with E-state index in [4.69, 9.17) is 18.8 Å². The van der Waals surface area contributed by atoms with Gasteiger partial charge < -0.3 is 18.8 Å². The van der Waals surface area contributed by atoms with Crippen LogP contribution in [0.2, 0.25) is 0 Å². The lowest BCUT2D eigenvalue weighted by Crippen LogP contribution is -2.28. The second-order valence-corrected chi connectivity index (χ2v) is 6.68. The summed E-state index contributed by atoms with van der Waals surface area (Å²) in [6.07, 6.45) is 0.383. The van der Waals surface area contributed by atoms with Crippen LogP contribution in [-0.4, -0.2) is 26.0 Å².